The topological polar surface area (TPSA) is 84.5 Å². The zero-order valence-corrected chi connectivity index (χ0v) is 16.8. The maximum absolute atomic E-state index is 12.4. The molecule has 0 bridgehead atoms. The van der Waals surface area contributed by atoms with E-state index in [-0.39, 0.29) is 10.8 Å². The molecule has 3 aromatic carbocycles. The Kier molecular flexibility index (Phi) is 6.51. The van der Waals surface area contributed by atoms with Crippen molar-refractivity contribution in [3.8, 4) is 5.75 Å². The van der Waals surface area contributed by atoms with E-state index >= 15 is 0 Å². The highest BCUT2D eigenvalue weighted by Gasteiger charge is 2.14. The molecule has 3 aromatic rings. The van der Waals surface area contributed by atoms with E-state index in [2.05, 4.69) is 10.0 Å². The zero-order chi connectivity index (χ0) is 20.7. The second-order valence-corrected chi connectivity index (χ2v) is 7.90. The lowest BCUT2D eigenvalue weighted by Gasteiger charge is -2.11. The molecule has 0 aliphatic rings. The van der Waals surface area contributed by atoms with Crippen LogP contribution in [0.5, 0.6) is 5.75 Å². The van der Waals surface area contributed by atoms with Crippen molar-refractivity contribution in [1.82, 2.24) is 5.32 Å². The first-order chi connectivity index (χ1) is 14.0. The van der Waals surface area contributed by atoms with E-state index in [1.54, 1.807) is 42.5 Å². The summed E-state index contributed by atoms with van der Waals surface area (Å²) in [6.45, 7) is 2.78. The van der Waals surface area contributed by atoms with E-state index in [9.17, 15) is 13.2 Å². The Morgan fingerprint density at radius 3 is 2.24 bits per heavy atom. The Morgan fingerprint density at radius 2 is 1.55 bits per heavy atom. The number of carbonyl (C=O) groups is 1. The number of nitrogens with one attached hydrogen (secondary N) is 2. The van der Waals surface area contributed by atoms with Gasteiger partial charge in [0, 0.05) is 23.4 Å². The fourth-order valence-corrected chi connectivity index (χ4v) is 3.81. The largest absolute Gasteiger partial charge is 0.494 e. The quantitative estimate of drug-likeness (QED) is 0.591. The van der Waals surface area contributed by atoms with Crippen molar-refractivity contribution in [2.24, 2.45) is 0 Å². The Hall–Kier alpha value is -3.32. The van der Waals surface area contributed by atoms with E-state index in [1.807, 2.05) is 31.2 Å². The average Bonchev–Trinajstić information content (AvgIpc) is 2.74. The first-order valence-electron chi connectivity index (χ1n) is 9.16. The highest BCUT2D eigenvalue weighted by molar-refractivity contribution is 7.92. The number of hydrogen-bond donors (Lipinski definition) is 2. The van der Waals surface area contributed by atoms with Gasteiger partial charge in [-0.25, -0.2) is 8.42 Å². The van der Waals surface area contributed by atoms with Gasteiger partial charge in [-0.2, -0.15) is 0 Å². The number of ether oxygens (including phenoxy) is 1. The monoisotopic (exact) mass is 410 g/mol. The molecule has 1 amide bonds. The Bertz CT molecular complexity index is 1070. The summed E-state index contributed by atoms with van der Waals surface area (Å²) in [4.78, 5) is 12.6. The van der Waals surface area contributed by atoms with Crippen LogP contribution in [-0.2, 0) is 16.6 Å². The first-order valence-corrected chi connectivity index (χ1v) is 10.6. The fourth-order valence-electron chi connectivity index (χ4n) is 2.73. The van der Waals surface area contributed by atoms with Crippen molar-refractivity contribution in [1.29, 1.82) is 0 Å². The number of sulfonamides is 1. The number of benzene rings is 3. The third-order valence-corrected chi connectivity index (χ3v) is 5.56. The van der Waals surface area contributed by atoms with Crippen LogP contribution in [0.1, 0.15) is 22.8 Å². The van der Waals surface area contributed by atoms with Gasteiger partial charge in [-0.1, -0.05) is 36.4 Å². The number of amides is 1. The summed E-state index contributed by atoms with van der Waals surface area (Å²) in [6, 6.07) is 21.9. The third kappa shape index (κ3) is 5.36. The Morgan fingerprint density at radius 1 is 0.897 bits per heavy atom. The molecule has 2 N–H and O–H groups in total. The van der Waals surface area contributed by atoms with Crippen molar-refractivity contribution in [3.05, 3.63) is 90.0 Å². The van der Waals surface area contributed by atoms with E-state index in [0.717, 1.165) is 11.3 Å². The van der Waals surface area contributed by atoms with Crippen LogP contribution in [0.15, 0.2) is 83.8 Å². The van der Waals surface area contributed by atoms with Gasteiger partial charge in [0.05, 0.1) is 11.5 Å². The SMILES string of the molecule is CCOc1ccccc1CNC(=O)c1ccc(NS(=O)(=O)c2ccccc2)cc1. The normalized spacial score (nSPS) is 10.9. The molecule has 0 unspecified atom stereocenters. The van der Waals surface area contributed by atoms with Gasteiger partial charge < -0.3 is 10.1 Å². The maximum Gasteiger partial charge on any atom is 0.261 e. The highest BCUT2D eigenvalue weighted by atomic mass is 32.2. The van der Waals surface area contributed by atoms with Gasteiger partial charge in [0.15, 0.2) is 0 Å². The minimum atomic E-state index is -3.67. The molecule has 0 saturated carbocycles. The predicted octanol–water partition coefficient (Wildman–Crippen LogP) is 3.82. The van der Waals surface area contributed by atoms with Gasteiger partial charge in [0.1, 0.15) is 5.75 Å². The van der Waals surface area contributed by atoms with Gasteiger partial charge in [-0.05, 0) is 49.4 Å². The van der Waals surface area contributed by atoms with Crippen molar-refractivity contribution >= 4 is 21.6 Å². The highest BCUT2D eigenvalue weighted by Crippen LogP contribution is 2.19. The lowest BCUT2D eigenvalue weighted by Crippen LogP contribution is -2.23. The molecular weight excluding hydrogens is 388 g/mol. The zero-order valence-electron chi connectivity index (χ0n) is 16.0. The summed E-state index contributed by atoms with van der Waals surface area (Å²) in [7, 11) is -3.67. The second kappa shape index (κ2) is 9.25. The van der Waals surface area contributed by atoms with Gasteiger partial charge in [0.2, 0.25) is 0 Å². The number of para-hydroxylation sites is 1. The molecule has 7 heteroatoms. The molecule has 0 heterocycles. The van der Waals surface area contributed by atoms with Gasteiger partial charge >= 0.3 is 0 Å². The van der Waals surface area contributed by atoms with Crippen molar-refractivity contribution in [3.63, 3.8) is 0 Å². The van der Waals surface area contributed by atoms with Gasteiger partial charge in [-0.15, -0.1) is 0 Å². The lowest BCUT2D eigenvalue weighted by molar-refractivity contribution is 0.0950. The number of anilines is 1. The van der Waals surface area contributed by atoms with Crippen LogP contribution in [0.4, 0.5) is 5.69 Å². The molecule has 0 aromatic heterocycles. The van der Waals surface area contributed by atoms with Gasteiger partial charge in [0.25, 0.3) is 15.9 Å². The number of carbonyl (C=O) groups excluding carboxylic acids is 1. The third-order valence-electron chi connectivity index (χ3n) is 4.16. The minimum absolute atomic E-state index is 0.176. The van der Waals surface area contributed by atoms with E-state index < -0.39 is 10.0 Å². The summed E-state index contributed by atoms with van der Waals surface area (Å²) in [5.74, 6) is 0.481. The summed E-state index contributed by atoms with van der Waals surface area (Å²) < 4.78 is 32.8. The van der Waals surface area contributed by atoms with Crippen molar-refractivity contribution in [2.75, 3.05) is 11.3 Å². The standard InChI is InChI=1S/C22H22N2O4S/c1-2-28-21-11-7-6-8-18(21)16-23-22(25)17-12-14-19(15-13-17)24-29(26,27)20-9-4-3-5-10-20/h3-15,24H,2,16H2,1H3,(H,23,25). The van der Waals surface area contributed by atoms with Gasteiger partial charge in [-0.3, -0.25) is 9.52 Å². The average molecular weight is 410 g/mol. The van der Waals surface area contributed by atoms with Crippen LogP contribution in [-0.4, -0.2) is 20.9 Å². The molecular formula is C22H22N2O4S. The lowest BCUT2D eigenvalue weighted by atomic mass is 10.1. The van der Waals surface area contributed by atoms with Crippen LogP contribution >= 0.6 is 0 Å². The first kappa shape index (κ1) is 20.4. The number of rotatable bonds is 8. The fraction of sp³-hybridized carbons (Fsp3) is 0.136. The minimum Gasteiger partial charge on any atom is -0.494 e. The van der Waals surface area contributed by atoms with Crippen LogP contribution in [0.2, 0.25) is 0 Å². The number of hydrogen-bond acceptors (Lipinski definition) is 4. The van der Waals surface area contributed by atoms with Crippen LogP contribution in [0.25, 0.3) is 0 Å². The molecule has 0 spiro atoms. The molecule has 3 rings (SSSR count). The van der Waals surface area contributed by atoms with Crippen LogP contribution in [0, 0.1) is 0 Å². The molecule has 0 aliphatic heterocycles. The van der Waals surface area contributed by atoms with Crippen molar-refractivity contribution < 1.29 is 17.9 Å². The molecule has 0 saturated heterocycles. The Labute approximate surface area is 170 Å². The van der Waals surface area contributed by atoms with E-state index in [1.165, 1.54) is 12.1 Å². The molecule has 0 aliphatic carbocycles. The predicted molar refractivity (Wildman–Crippen MR) is 112 cm³/mol. The molecule has 0 fully saturated rings. The molecule has 0 radical (unpaired) electrons. The molecule has 29 heavy (non-hydrogen) atoms. The van der Waals surface area contributed by atoms with Crippen LogP contribution in [0.3, 0.4) is 0 Å². The molecule has 0 atom stereocenters. The summed E-state index contributed by atoms with van der Waals surface area (Å²) in [5.41, 5.74) is 1.70. The maximum atomic E-state index is 12.4. The van der Waals surface area contributed by atoms with Crippen molar-refractivity contribution in [2.45, 2.75) is 18.4 Å². The van der Waals surface area contributed by atoms with Crippen LogP contribution < -0.4 is 14.8 Å². The summed E-state index contributed by atoms with van der Waals surface area (Å²) in [6.07, 6.45) is 0. The summed E-state index contributed by atoms with van der Waals surface area (Å²) >= 11 is 0. The molecule has 6 nitrogen and oxygen atoms in total. The van der Waals surface area contributed by atoms with E-state index in [4.69, 9.17) is 4.74 Å². The smallest absolute Gasteiger partial charge is 0.261 e. The summed E-state index contributed by atoms with van der Waals surface area (Å²) in [5, 5.41) is 2.85. The second-order valence-electron chi connectivity index (χ2n) is 6.22. The molecule has 150 valence electrons. The van der Waals surface area contributed by atoms with E-state index in [0.29, 0.717) is 24.4 Å². The Balaban J connectivity index is 1.63.